The number of nitrogens with zero attached hydrogens (tertiary/aromatic N) is 6. The van der Waals surface area contributed by atoms with E-state index in [9.17, 15) is 5.11 Å². The second kappa shape index (κ2) is 16.2. The second-order valence-electron chi connectivity index (χ2n) is 13.9. The van der Waals surface area contributed by atoms with E-state index in [1.807, 2.05) is 102 Å². The van der Waals surface area contributed by atoms with Gasteiger partial charge in [-0.2, -0.15) is 0 Å². The number of thiazole rings is 2. The Hall–Kier alpha value is -6.82. The second-order valence-corrected chi connectivity index (χ2v) is 16.0. The quantitative estimate of drug-likeness (QED) is 0.156. The van der Waals surface area contributed by atoms with Crippen LogP contribution in [-0.4, -0.2) is 34.2 Å². The molecule has 0 saturated heterocycles. The highest BCUT2D eigenvalue weighted by Gasteiger charge is 2.16. The maximum atomic E-state index is 9.77. The van der Waals surface area contributed by atoms with E-state index in [1.165, 1.54) is 9.40 Å². The normalized spacial score (nSPS) is 11.4. The van der Waals surface area contributed by atoms with E-state index >= 15 is 0 Å². The van der Waals surface area contributed by atoms with Crippen molar-refractivity contribution < 1.29 is 9.84 Å². The summed E-state index contributed by atoms with van der Waals surface area (Å²) in [6, 6.07) is 59.5. The number of rotatable bonds is 9. The molecule has 0 unspecified atom stereocenters. The molecular formula is C49H36N6O2S2. The summed E-state index contributed by atoms with van der Waals surface area (Å²) in [5.74, 6) is 1.52. The maximum absolute atomic E-state index is 9.77. The summed E-state index contributed by atoms with van der Waals surface area (Å²) in [5.41, 5.74) is 11.2. The van der Waals surface area contributed by atoms with Crippen LogP contribution in [0.4, 0.5) is 0 Å². The number of hydrogen-bond acceptors (Lipinski definition) is 8. The lowest BCUT2D eigenvalue weighted by atomic mass is 10.2. The predicted octanol–water partition coefficient (Wildman–Crippen LogP) is 11.8. The Kier molecular flexibility index (Phi) is 10.0. The first kappa shape index (κ1) is 36.5. The molecular weight excluding hydrogens is 769 g/mol. The molecule has 286 valence electrons. The number of fused-ring (bicyclic) bond motifs is 4. The van der Waals surface area contributed by atoms with Crippen molar-refractivity contribution in [1.29, 1.82) is 0 Å². The van der Waals surface area contributed by atoms with Gasteiger partial charge >= 0.3 is 0 Å². The van der Waals surface area contributed by atoms with Gasteiger partial charge in [0.15, 0.2) is 0 Å². The van der Waals surface area contributed by atoms with Crippen LogP contribution in [0.3, 0.4) is 0 Å². The zero-order chi connectivity index (χ0) is 39.5. The van der Waals surface area contributed by atoms with Gasteiger partial charge in [0, 0.05) is 22.5 Å². The molecule has 0 saturated carbocycles. The van der Waals surface area contributed by atoms with Crippen LogP contribution < -0.4 is 0 Å². The number of aromatic nitrogens is 6. The highest BCUT2D eigenvalue weighted by atomic mass is 32.1. The number of benzene rings is 7. The Balaban J connectivity index is 0.000000147. The Morgan fingerprint density at radius 1 is 0.441 bits per heavy atom. The van der Waals surface area contributed by atoms with Gasteiger partial charge in [0.1, 0.15) is 34.9 Å². The highest BCUT2D eigenvalue weighted by molar-refractivity contribution is 7.22. The fraction of sp³-hybridized carbons (Fsp3) is 0.0612. The van der Waals surface area contributed by atoms with Crippen molar-refractivity contribution in [2.24, 2.45) is 0 Å². The number of hydrogen-bond donors (Lipinski definition) is 1. The van der Waals surface area contributed by atoms with Gasteiger partial charge < -0.3 is 9.84 Å². The van der Waals surface area contributed by atoms with Crippen LogP contribution in [0.25, 0.3) is 75.0 Å². The summed E-state index contributed by atoms with van der Waals surface area (Å²) < 4.78 is 12.6. The van der Waals surface area contributed by atoms with Crippen molar-refractivity contribution in [3.8, 4) is 32.5 Å². The topological polar surface area (TPSA) is 90.9 Å². The van der Waals surface area contributed by atoms with Gasteiger partial charge in [-0.3, -0.25) is 9.13 Å². The summed E-state index contributed by atoms with van der Waals surface area (Å²) in [4.78, 5) is 19.2. The van der Waals surface area contributed by atoms with E-state index in [4.69, 9.17) is 19.7 Å². The van der Waals surface area contributed by atoms with Gasteiger partial charge in [0.25, 0.3) is 0 Å². The van der Waals surface area contributed by atoms with Crippen molar-refractivity contribution in [2.45, 2.75) is 19.8 Å². The zero-order valence-corrected chi connectivity index (χ0v) is 33.4. The van der Waals surface area contributed by atoms with Crippen LogP contribution in [0.5, 0.6) is 0 Å². The lowest BCUT2D eigenvalue weighted by Gasteiger charge is -2.10. The van der Waals surface area contributed by atoms with Crippen molar-refractivity contribution in [2.75, 3.05) is 0 Å². The first-order valence-corrected chi connectivity index (χ1v) is 20.9. The molecule has 7 aromatic carbocycles. The van der Waals surface area contributed by atoms with Crippen LogP contribution in [0.2, 0.25) is 0 Å². The van der Waals surface area contributed by atoms with Crippen LogP contribution in [-0.2, 0) is 24.6 Å². The largest absolute Gasteiger partial charge is 0.388 e. The molecule has 0 aliphatic heterocycles. The molecule has 0 amide bonds. The number of aliphatic hydroxyl groups excluding tert-OH is 1. The highest BCUT2D eigenvalue weighted by Crippen LogP contribution is 2.34. The van der Waals surface area contributed by atoms with Gasteiger partial charge in [-0.25, -0.2) is 19.9 Å². The molecule has 0 atom stereocenters. The van der Waals surface area contributed by atoms with Gasteiger partial charge in [0.2, 0.25) is 0 Å². The van der Waals surface area contributed by atoms with Crippen LogP contribution in [0.1, 0.15) is 17.2 Å². The van der Waals surface area contributed by atoms with Crippen LogP contribution >= 0.6 is 22.7 Å². The molecule has 59 heavy (non-hydrogen) atoms. The molecule has 4 aromatic heterocycles. The first-order valence-electron chi connectivity index (χ1n) is 19.3. The summed E-state index contributed by atoms with van der Waals surface area (Å²) in [7, 11) is 0. The lowest BCUT2D eigenvalue weighted by Crippen LogP contribution is -2.04. The fourth-order valence-electron chi connectivity index (χ4n) is 7.29. The van der Waals surface area contributed by atoms with Gasteiger partial charge in [0.05, 0.1) is 49.1 Å². The summed E-state index contributed by atoms with van der Waals surface area (Å²) in [6.45, 7) is 0.866. The zero-order valence-electron chi connectivity index (χ0n) is 31.7. The van der Waals surface area contributed by atoms with Gasteiger partial charge in [-0.15, -0.1) is 22.7 Å². The van der Waals surface area contributed by atoms with Crippen molar-refractivity contribution in [1.82, 2.24) is 29.1 Å². The molecule has 11 aromatic rings. The molecule has 8 nitrogen and oxygen atoms in total. The Morgan fingerprint density at radius 3 is 1.41 bits per heavy atom. The minimum Gasteiger partial charge on any atom is -0.388 e. The third kappa shape index (κ3) is 7.42. The molecule has 0 fully saturated rings. The Morgan fingerprint density at radius 2 is 0.898 bits per heavy atom. The third-order valence-corrected chi connectivity index (χ3v) is 12.2. The van der Waals surface area contributed by atoms with E-state index in [0.717, 1.165) is 77.0 Å². The minimum absolute atomic E-state index is 0.111. The van der Waals surface area contributed by atoms with E-state index in [2.05, 4.69) is 88.4 Å². The van der Waals surface area contributed by atoms with Gasteiger partial charge in [-0.1, -0.05) is 91.0 Å². The molecule has 0 aliphatic rings. The molecule has 10 heteroatoms. The summed E-state index contributed by atoms with van der Waals surface area (Å²) >= 11 is 3.38. The monoisotopic (exact) mass is 804 g/mol. The van der Waals surface area contributed by atoms with E-state index in [1.54, 1.807) is 22.7 Å². The molecule has 11 rings (SSSR count). The average Bonchev–Trinajstić information content (AvgIpc) is 4.09. The summed E-state index contributed by atoms with van der Waals surface area (Å²) in [5, 5.41) is 11.8. The van der Waals surface area contributed by atoms with Crippen molar-refractivity contribution >= 4 is 65.2 Å². The Bertz CT molecular complexity index is 3130. The third-order valence-electron chi connectivity index (χ3n) is 10.0. The molecule has 0 radical (unpaired) electrons. The van der Waals surface area contributed by atoms with Crippen molar-refractivity contribution in [3.05, 3.63) is 193 Å². The average molecular weight is 805 g/mol. The number of imidazole rings is 2. The predicted molar refractivity (Wildman–Crippen MR) is 240 cm³/mol. The molecule has 4 heterocycles. The molecule has 0 bridgehead atoms. The molecule has 0 spiro atoms. The molecule has 1 N–H and O–H groups in total. The number of aliphatic hydroxyl groups is 1. The van der Waals surface area contributed by atoms with Gasteiger partial charge in [-0.05, 0) is 90.5 Å². The Labute approximate surface area is 348 Å². The smallest absolute Gasteiger partial charge is 0.140 e. The first-order chi connectivity index (χ1) is 29.2. The maximum Gasteiger partial charge on any atom is 0.140 e. The number of ether oxygens (including phenoxy) is 1. The lowest BCUT2D eigenvalue weighted by molar-refractivity contribution is 0.101. The fourth-order valence-corrected chi connectivity index (χ4v) is 9.21. The van der Waals surface area contributed by atoms with Crippen LogP contribution in [0.15, 0.2) is 176 Å². The minimum atomic E-state index is -0.111. The van der Waals surface area contributed by atoms with E-state index < -0.39 is 0 Å². The SMILES string of the molecule is OCc1nc2cc(-c3nc4ccccc4s3)ccc2n1-c1ccccc1.c1ccc(COCc2nc3cc(-c4nc5ccccc5s4)ccc3n2-c2ccccc2)cc1. The van der Waals surface area contributed by atoms with Crippen molar-refractivity contribution in [3.63, 3.8) is 0 Å². The van der Waals surface area contributed by atoms with Crippen LogP contribution in [0, 0.1) is 0 Å². The summed E-state index contributed by atoms with van der Waals surface area (Å²) in [6.07, 6.45) is 0. The molecule has 0 aliphatic carbocycles. The standard InChI is InChI=1S/C28H21N3OS.C21H15N3OS/c1-3-9-20(10-4-1)18-32-19-27-29-24-17-21(28-30-23-13-7-8-14-26(23)33-28)15-16-25(24)31(27)22-11-5-2-6-12-22;25-13-20-22-17-12-14(21-23-16-8-4-5-9-19(16)26-21)10-11-18(17)24(20)15-6-2-1-3-7-15/h1-17H,18-19H2;1-12,25H,13H2. The van der Waals surface area contributed by atoms with E-state index in [-0.39, 0.29) is 6.61 Å². The number of para-hydroxylation sites is 4. The van der Waals surface area contributed by atoms with E-state index in [0.29, 0.717) is 19.0 Å².